The molecule has 0 fully saturated rings. The Kier molecular flexibility index (Phi) is 7.00. The lowest BCUT2D eigenvalue weighted by Gasteiger charge is -2.18. The fraction of sp³-hybridized carbons (Fsp3) is 0.706. The second kappa shape index (κ2) is 8.29. The van der Waals surface area contributed by atoms with Gasteiger partial charge in [0.25, 0.3) is 6.26 Å². The summed E-state index contributed by atoms with van der Waals surface area (Å²) in [6, 6.07) is 0. The van der Waals surface area contributed by atoms with E-state index in [4.69, 9.17) is 4.42 Å². The molecule has 18 heavy (non-hydrogen) atoms. The predicted molar refractivity (Wildman–Crippen MR) is 77.9 cm³/mol. The van der Waals surface area contributed by atoms with Crippen molar-refractivity contribution in [3.63, 3.8) is 0 Å². The Labute approximate surface area is 113 Å². The summed E-state index contributed by atoms with van der Waals surface area (Å²) < 4.78 is 5.80. The first-order valence-corrected chi connectivity index (χ1v) is 7.65. The molecular weight excluding hydrogens is 220 g/mol. The van der Waals surface area contributed by atoms with Crippen molar-refractivity contribution in [2.45, 2.75) is 79.1 Å². The molecule has 0 aromatic carbocycles. The lowest BCUT2D eigenvalue weighted by molar-refractivity contribution is 0.461. The Balaban J connectivity index is 3.19. The maximum Gasteiger partial charge on any atom is 0.290 e. The molecule has 0 aliphatic carbocycles. The molecule has 1 nitrogen and oxygen atoms in total. The summed E-state index contributed by atoms with van der Waals surface area (Å²) in [6.07, 6.45) is 12.4. The van der Waals surface area contributed by atoms with Crippen LogP contribution >= 0.6 is 0 Å². The maximum absolute atomic E-state index is 5.80. The summed E-state index contributed by atoms with van der Waals surface area (Å²) in [7, 11) is 0. The van der Waals surface area contributed by atoms with Crippen LogP contribution < -0.4 is 0 Å². The minimum atomic E-state index is 1.05. The van der Waals surface area contributed by atoms with E-state index in [-0.39, 0.29) is 0 Å². The quantitative estimate of drug-likeness (QED) is 0.456. The predicted octanol–water partition coefficient (Wildman–Crippen LogP) is 5.17. The van der Waals surface area contributed by atoms with Gasteiger partial charge >= 0.3 is 0 Å². The highest BCUT2D eigenvalue weighted by atomic mass is 16.3. The van der Waals surface area contributed by atoms with E-state index < -0.39 is 0 Å². The average molecular weight is 248 g/mol. The highest BCUT2D eigenvalue weighted by molar-refractivity contribution is 5.35. The zero-order chi connectivity index (χ0) is 13.4. The van der Waals surface area contributed by atoms with E-state index in [0.717, 1.165) is 25.7 Å². The molecule has 0 bridgehead atoms. The highest BCUT2D eigenvalue weighted by Gasteiger charge is 2.13. The Morgan fingerprint density at radius 1 is 0.722 bits per heavy atom. The van der Waals surface area contributed by atoms with Gasteiger partial charge in [-0.05, 0) is 12.8 Å². The first kappa shape index (κ1) is 15.2. The van der Waals surface area contributed by atoms with Gasteiger partial charge in [-0.25, -0.2) is 0 Å². The van der Waals surface area contributed by atoms with Crippen LogP contribution in [0.4, 0.5) is 0 Å². The number of hydrogen-bond donors (Lipinski definition) is 0. The Bertz CT molecular complexity index is 320. The van der Waals surface area contributed by atoms with Crippen molar-refractivity contribution < 1.29 is 4.42 Å². The van der Waals surface area contributed by atoms with Crippen LogP contribution in [0.2, 0.25) is 0 Å². The van der Waals surface area contributed by atoms with Gasteiger partial charge in [-0.2, -0.15) is 0 Å². The monoisotopic (exact) mass is 248 g/mol. The molecule has 1 heterocycles. The molecule has 0 spiro atoms. The Morgan fingerprint density at radius 2 is 1.28 bits per heavy atom. The highest BCUT2D eigenvalue weighted by Crippen LogP contribution is 2.24. The van der Waals surface area contributed by atoms with E-state index in [1.807, 2.05) is 0 Å². The van der Waals surface area contributed by atoms with Crippen LogP contribution in [0.1, 0.15) is 75.8 Å². The van der Waals surface area contributed by atoms with E-state index >= 15 is 0 Å². The molecule has 0 saturated heterocycles. The van der Waals surface area contributed by atoms with E-state index in [0.29, 0.717) is 0 Å². The average Bonchev–Trinajstić information content (AvgIpc) is 2.37. The van der Waals surface area contributed by atoms with E-state index in [1.54, 1.807) is 0 Å². The molecule has 0 N–H and O–H groups in total. The van der Waals surface area contributed by atoms with Crippen LogP contribution in [0.15, 0.2) is 4.42 Å². The molecule has 0 radical (unpaired) electrons. The van der Waals surface area contributed by atoms with Crippen LogP contribution in [0, 0.1) is 6.26 Å². The van der Waals surface area contributed by atoms with Gasteiger partial charge in [-0.3, -0.25) is 0 Å². The number of rotatable bonds is 8. The molecule has 0 amide bonds. The Morgan fingerprint density at radius 3 is 1.83 bits per heavy atom. The second-order valence-corrected chi connectivity index (χ2v) is 5.06. The summed E-state index contributed by atoms with van der Waals surface area (Å²) in [5, 5.41) is 0. The minimum Gasteiger partial charge on any atom is -0.332 e. The van der Waals surface area contributed by atoms with Gasteiger partial charge < -0.3 is 4.42 Å². The molecule has 0 aliphatic rings. The first-order chi connectivity index (χ1) is 8.78. The molecular formula is C17H28O. The summed E-state index contributed by atoms with van der Waals surface area (Å²) >= 11 is 0. The SMILES string of the molecule is CCCc1[c-][o+]c(CCC)c(CCC)c1CCC. The lowest BCUT2D eigenvalue weighted by Crippen LogP contribution is -2.05. The van der Waals surface area contributed by atoms with Crippen molar-refractivity contribution in [3.8, 4) is 0 Å². The van der Waals surface area contributed by atoms with Gasteiger partial charge in [0.05, 0.1) is 0 Å². The third-order valence-corrected chi connectivity index (χ3v) is 3.34. The van der Waals surface area contributed by atoms with Crippen molar-refractivity contribution in [3.05, 3.63) is 28.7 Å². The van der Waals surface area contributed by atoms with Crippen LogP contribution in [0.5, 0.6) is 0 Å². The lowest BCUT2D eigenvalue weighted by atomic mass is 9.92. The fourth-order valence-corrected chi connectivity index (χ4v) is 2.57. The third-order valence-electron chi connectivity index (χ3n) is 3.34. The van der Waals surface area contributed by atoms with Crippen molar-refractivity contribution in [2.75, 3.05) is 0 Å². The summed E-state index contributed by atoms with van der Waals surface area (Å²) in [4.78, 5) is 0. The number of hydrogen-bond acceptors (Lipinski definition) is 0. The van der Waals surface area contributed by atoms with Crippen LogP contribution in [-0.2, 0) is 25.7 Å². The maximum atomic E-state index is 5.80. The first-order valence-electron chi connectivity index (χ1n) is 7.65. The fourth-order valence-electron chi connectivity index (χ4n) is 2.57. The van der Waals surface area contributed by atoms with E-state index in [1.165, 1.54) is 48.1 Å². The molecule has 0 aliphatic heterocycles. The molecule has 0 saturated carbocycles. The second-order valence-electron chi connectivity index (χ2n) is 5.06. The topological polar surface area (TPSA) is 11.3 Å². The van der Waals surface area contributed by atoms with Crippen molar-refractivity contribution in [1.29, 1.82) is 0 Å². The third kappa shape index (κ3) is 3.83. The van der Waals surface area contributed by atoms with Crippen LogP contribution in [0.25, 0.3) is 0 Å². The smallest absolute Gasteiger partial charge is 0.290 e. The zero-order valence-electron chi connectivity index (χ0n) is 12.6. The van der Waals surface area contributed by atoms with Crippen molar-refractivity contribution in [1.82, 2.24) is 0 Å². The number of aryl methyl sites for hydroxylation is 2. The minimum absolute atomic E-state index is 1.05. The van der Waals surface area contributed by atoms with Gasteiger partial charge in [0.2, 0.25) is 5.76 Å². The van der Waals surface area contributed by atoms with Gasteiger partial charge in [0.15, 0.2) is 0 Å². The summed E-state index contributed by atoms with van der Waals surface area (Å²) in [5.74, 6) is 1.18. The largest absolute Gasteiger partial charge is 0.332 e. The normalized spacial score (nSPS) is 10.9. The molecule has 0 atom stereocenters. The van der Waals surface area contributed by atoms with Crippen molar-refractivity contribution >= 4 is 0 Å². The summed E-state index contributed by atoms with van der Waals surface area (Å²) in [6.45, 7) is 8.95. The molecule has 1 rings (SSSR count). The summed E-state index contributed by atoms with van der Waals surface area (Å²) in [5.41, 5.74) is 4.35. The van der Waals surface area contributed by atoms with E-state index in [9.17, 15) is 0 Å². The zero-order valence-corrected chi connectivity index (χ0v) is 12.6. The van der Waals surface area contributed by atoms with Gasteiger partial charge in [0.1, 0.15) is 0 Å². The van der Waals surface area contributed by atoms with Crippen LogP contribution in [-0.4, -0.2) is 0 Å². The van der Waals surface area contributed by atoms with Crippen LogP contribution in [0.3, 0.4) is 0 Å². The van der Waals surface area contributed by atoms with Gasteiger partial charge in [-0.15, -0.1) is 5.56 Å². The standard InChI is InChI=1S/C17H28O/c1-5-9-14-13-18-17(12-8-4)16(11-7-3)15(14)10-6-2/h5-12H2,1-4H3. The molecule has 1 aromatic rings. The Hall–Kier alpha value is -0.850. The van der Waals surface area contributed by atoms with E-state index in [2.05, 4.69) is 34.0 Å². The molecule has 1 heteroatoms. The van der Waals surface area contributed by atoms with Crippen molar-refractivity contribution in [2.24, 2.45) is 0 Å². The molecule has 1 aromatic heterocycles. The van der Waals surface area contributed by atoms with Gasteiger partial charge in [-0.1, -0.05) is 70.9 Å². The molecule has 102 valence electrons. The molecule has 0 unspecified atom stereocenters. The van der Waals surface area contributed by atoms with Gasteiger partial charge in [0, 0.05) is 6.42 Å².